The molecule has 2 rings (SSSR count). The molecular formula is C13H12FNO. The molecule has 0 amide bonds. The van der Waals surface area contributed by atoms with Gasteiger partial charge in [-0.1, -0.05) is 12.1 Å². The van der Waals surface area contributed by atoms with E-state index in [1.807, 2.05) is 6.07 Å². The monoisotopic (exact) mass is 217 g/mol. The summed E-state index contributed by atoms with van der Waals surface area (Å²) in [5.74, 6) is -0.100. The lowest BCUT2D eigenvalue weighted by Gasteiger charge is -2.06. The van der Waals surface area contributed by atoms with Gasteiger partial charge in [-0.3, -0.25) is 0 Å². The molecule has 0 unspecified atom stereocenters. The molecule has 0 fully saturated rings. The van der Waals surface area contributed by atoms with Crippen LogP contribution in [0, 0.1) is 5.82 Å². The maximum absolute atomic E-state index is 13.0. The quantitative estimate of drug-likeness (QED) is 0.760. The zero-order chi connectivity index (χ0) is 11.5. The van der Waals surface area contributed by atoms with Crippen LogP contribution in [0.2, 0.25) is 0 Å². The van der Waals surface area contributed by atoms with Gasteiger partial charge in [-0.15, -0.1) is 0 Å². The largest absolute Gasteiger partial charge is 0.508 e. The summed E-state index contributed by atoms with van der Waals surface area (Å²) in [6, 6.07) is 11.2. The Kier molecular flexibility index (Phi) is 2.77. The van der Waals surface area contributed by atoms with E-state index >= 15 is 0 Å². The van der Waals surface area contributed by atoms with Crippen molar-refractivity contribution in [3.05, 3.63) is 59.4 Å². The second-order valence-corrected chi connectivity index (χ2v) is 3.69. The number of benzene rings is 2. The van der Waals surface area contributed by atoms with Crippen molar-refractivity contribution >= 4 is 5.69 Å². The fraction of sp³-hybridized carbons (Fsp3) is 0.0769. The van der Waals surface area contributed by atoms with Gasteiger partial charge in [0.15, 0.2) is 0 Å². The Labute approximate surface area is 93.2 Å². The van der Waals surface area contributed by atoms with E-state index in [0.29, 0.717) is 12.1 Å². The van der Waals surface area contributed by atoms with Gasteiger partial charge in [-0.2, -0.15) is 0 Å². The van der Waals surface area contributed by atoms with Crippen LogP contribution in [0.5, 0.6) is 5.75 Å². The summed E-state index contributed by atoms with van der Waals surface area (Å²) in [6.07, 6.45) is 0.512. The number of phenols is 1. The molecule has 0 saturated heterocycles. The van der Waals surface area contributed by atoms with Crippen LogP contribution < -0.4 is 5.73 Å². The fourth-order valence-corrected chi connectivity index (χ4v) is 1.61. The van der Waals surface area contributed by atoms with E-state index in [1.165, 1.54) is 12.1 Å². The summed E-state index contributed by atoms with van der Waals surface area (Å²) in [5, 5.41) is 9.31. The highest BCUT2D eigenvalue weighted by atomic mass is 19.1. The van der Waals surface area contributed by atoms with Crippen molar-refractivity contribution in [1.82, 2.24) is 0 Å². The molecule has 0 heterocycles. The lowest BCUT2D eigenvalue weighted by Crippen LogP contribution is -1.96. The average molecular weight is 217 g/mol. The van der Waals surface area contributed by atoms with E-state index < -0.39 is 0 Å². The maximum Gasteiger partial charge on any atom is 0.123 e. The highest BCUT2D eigenvalue weighted by molar-refractivity contribution is 5.49. The van der Waals surface area contributed by atoms with Crippen LogP contribution in [-0.2, 0) is 6.42 Å². The van der Waals surface area contributed by atoms with Gasteiger partial charge in [0.25, 0.3) is 0 Å². The topological polar surface area (TPSA) is 46.2 Å². The van der Waals surface area contributed by atoms with E-state index in [2.05, 4.69) is 0 Å². The third kappa shape index (κ3) is 2.31. The summed E-state index contributed by atoms with van der Waals surface area (Å²) in [4.78, 5) is 0. The van der Waals surface area contributed by atoms with Gasteiger partial charge in [-0.25, -0.2) is 4.39 Å². The van der Waals surface area contributed by atoms with E-state index in [9.17, 15) is 9.50 Å². The molecule has 0 aromatic heterocycles. The smallest absolute Gasteiger partial charge is 0.123 e. The Morgan fingerprint density at radius 3 is 2.69 bits per heavy atom. The molecule has 3 N–H and O–H groups in total. The third-order valence-corrected chi connectivity index (χ3v) is 2.41. The minimum Gasteiger partial charge on any atom is -0.508 e. The Morgan fingerprint density at radius 2 is 1.94 bits per heavy atom. The molecule has 2 nitrogen and oxygen atoms in total. The fourth-order valence-electron chi connectivity index (χ4n) is 1.61. The zero-order valence-corrected chi connectivity index (χ0v) is 8.65. The van der Waals surface area contributed by atoms with E-state index in [0.717, 1.165) is 11.1 Å². The summed E-state index contributed by atoms with van der Waals surface area (Å²) < 4.78 is 13.0. The Hall–Kier alpha value is -2.03. The van der Waals surface area contributed by atoms with Crippen LogP contribution in [-0.4, -0.2) is 5.11 Å². The molecule has 0 atom stereocenters. The molecule has 0 bridgehead atoms. The first-order chi connectivity index (χ1) is 7.65. The van der Waals surface area contributed by atoms with Crippen molar-refractivity contribution in [2.45, 2.75) is 6.42 Å². The van der Waals surface area contributed by atoms with Gasteiger partial charge in [0.05, 0.1) is 0 Å². The average Bonchev–Trinajstić information content (AvgIpc) is 2.24. The Balaban J connectivity index is 2.30. The first-order valence-electron chi connectivity index (χ1n) is 4.97. The third-order valence-electron chi connectivity index (χ3n) is 2.41. The van der Waals surface area contributed by atoms with E-state index in [4.69, 9.17) is 5.73 Å². The number of halogens is 1. The summed E-state index contributed by atoms with van der Waals surface area (Å²) in [7, 11) is 0. The van der Waals surface area contributed by atoms with Crippen molar-refractivity contribution in [3.63, 3.8) is 0 Å². The summed E-state index contributed by atoms with van der Waals surface area (Å²) >= 11 is 0. The van der Waals surface area contributed by atoms with Gasteiger partial charge >= 0.3 is 0 Å². The SMILES string of the molecule is Nc1ccc(F)cc1Cc1cccc(O)c1. The normalized spacial score (nSPS) is 10.3. The van der Waals surface area contributed by atoms with Crippen molar-refractivity contribution in [2.24, 2.45) is 0 Å². The molecule has 0 aliphatic rings. The van der Waals surface area contributed by atoms with Crippen molar-refractivity contribution < 1.29 is 9.50 Å². The molecule has 0 spiro atoms. The van der Waals surface area contributed by atoms with Gasteiger partial charge in [0, 0.05) is 5.69 Å². The van der Waals surface area contributed by atoms with Crippen molar-refractivity contribution in [1.29, 1.82) is 0 Å². The molecule has 2 aromatic rings. The first-order valence-corrected chi connectivity index (χ1v) is 4.97. The molecule has 16 heavy (non-hydrogen) atoms. The van der Waals surface area contributed by atoms with Gasteiger partial charge in [-0.05, 0) is 47.9 Å². The standard InChI is InChI=1S/C13H12FNO/c14-11-4-5-13(15)10(8-11)6-9-2-1-3-12(16)7-9/h1-5,7-8,16H,6,15H2. The van der Waals surface area contributed by atoms with E-state index in [1.54, 1.807) is 24.3 Å². The van der Waals surface area contributed by atoms with Crippen molar-refractivity contribution in [3.8, 4) is 5.75 Å². The number of rotatable bonds is 2. The first kappa shape index (κ1) is 10.5. The Morgan fingerprint density at radius 1 is 1.12 bits per heavy atom. The zero-order valence-electron chi connectivity index (χ0n) is 8.65. The number of nitrogens with two attached hydrogens (primary N) is 1. The van der Waals surface area contributed by atoms with Crippen LogP contribution in [0.1, 0.15) is 11.1 Å². The van der Waals surface area contributed by atoms with Crippen LogP contribution in [0.15, 0.2) is 42.5 Å². The number of phenolic OH excluding ortho intramolecular Hbond substituents is 1. The van der Waals surface area contributed by atoms with Crippen LogP contribution >= 0.6 is 0 Å². The van der Waals surface area contributed by atoms with Crippen LogP contribution in [0.25, 0.3) is 0 Å². The number of aromatic hydroxyl groups is 1. The molecule has 82 valence electrons. The van der Waals surface area contributed by atoms with Crippen LogP contribution in [0.3, 0.4) is 0 Å². The number of nitrogen functional groups attached to an aromatic ring is 1. The van der Waals surface area contributed by atoms with E-state index in [-0.39, 0.29) is 11.6 Å². The number of hydrogen-bond acceptors (Lipinski definition) is 2. The van der Waals surface area contributed by atoms with Gasteiger partial charge in [0.2, 0.25) is 0 Å². The minimum atomic E-state index is -0.302. The molecular weight excluding hydrogens is 205 g/mol. The predicted octanol–water partition coefficient (Wildman–Crippen LogP) is 2.70. The lowest BCUT2D eigenvalue weighted by atomic mass is 10.0. The molecule has 0 radical (unpaired) electrons. The second-order valence-electron chi connectivity index (χ2n) is 3.69. The summed E-state index contributed by atoms with van der Waals surface area (Å²) in [6.45, 7) is 0. The number of anilines is 1. The molecule has 0 aliphatic heterocycles. The molecule has 0 saturated carbocycles. The lowest BCUT2D eigenvalue weighted by molar-refractivity contribution is 0.474. The molecule has 3 heteroatoms. The van der Waals surface area contributed by atoms with Gasteiger partial charge < -0.3 is 10.8 Å². The maximum atomic E-state index is 13.0. The molecule has 2 aromatic carbocycles. The highest BCUT2D eigenvalue weighted by Crippen LogP contribution is 2.19. The van der Waals surface area contributed by atoms with Gasteiger partial charge in [0.1, 0.15) is 11.6 Å². The highest BCUT2D eigenvalue weighted by Gasteiger charge is 2.03. The number of hydrogen-bond donors (Lipinski definition) is 2. The van der Waals surface area contributed by atoms with Crippen molar-refractivity contribution in [2.75, 3.05) is 5.73 Å². The summed E-state index contributed by atoms with van der Waals surface area (Å²) in [5.41, 5.74) is 7.93. The second kappa shape index (κ2) is 4.23. The molecule has 0 aliphatic carbocycles. The minimum absolute atomic E-state index is 0.201. The Bertz CT molecular complexity index is 511. The predicted molar refractivity (Wildman–Crippen MR) is 61.7 cm³/mol. The van der Waals surface area contributed by atoms with Crippen LogP contribution in [0.4, 0.5) is 10.1 Å².